The lowest BCUT2D eigenvalue weighted by Gasteiger charge is -2.15. The summed E-state index contributed by atoms with van der Waals surface area (Å²) in [5.41, 5.74) is 4.71. The van der Waals surface area contributed by atoms with Gasteiger partial charge < -0.3 is 10.2 Å². The maximum atomic E-state index is 12.7. The molecule has 148 valence electrons. The number of pyridine rings is 1. The average molecular weight is 406 g/mol. The van der Waals surface area contributed by atoms with Crippen molar-refractivity contribution in [2.24, 2.45) is 11.8 Å². The molecule has 3 aliphatic rings. The molecular formula is C23H23N3O2S. The van der Waals surface area contributed by atoms with Gasteiger partial charge in [-0.15, -0.1) is 0 Å². The minimum atomic E-state index is 0.0190. The van der Waals surface area contributed by atoms with Gasteiger partial charge in [0.2, 0.25) is 11.8 Å². The van der Waals surface area contributed by atoms with E-state index < -0.39 is 0 Å². The second-order valence-electron chi connectivity index (χ2n) is 8.09. The highest BCUT2D eigenvalue weighted by molar-refractivity contribution is 7.08. The molecule has 2 amide bonds. The number of likely N-dealkylation sites (tertiary alicyclic amines) is 1. The lowest BCUT2D eigenvalue weighted by molar-refractivity contribution is -0.125. The summed E-state index contributed by atoms with van der Waals surface area (Å²) < 4.78 is 0. The monoisotopic (exact) mass is 405 g/mol. The van der Waals surface area contributed by atoms with Crippen molar-refractivity contribution in [1.29, 1.82) is 0 Å². The van der Waals surface area contributed by atoms with Gasteiger partial charge in [-0.3, -0.25) is 9.59 Å². The van der Waals surface area contributed by atoms with Crippen molar-refractivity contribution < 1.29 is 9.59 Å². The fourth-order valence-electron chi connectivity index (χ4n) is 4.58. The second-order valence-corrected chi connectivity index (χ2v) is 8.87. The largest absolute Gasteiger partial charge is 0.338 e. The molecule has 2 unspecified atom stereocenters. The van der Waals surface area contributed by atoms with Crippen LogP contribution in [0, 0.1) is 11.8 Å². The molecule has 2 aromatic heterocycles. The van der Waals surface area contributed by atoms with Crippen LogP contribution >= 0.6 is 11.3 Å². The van der Waals surface area contributed by atoms with E-state index in [-0.39, 0.29) is 11.8 Å². The lowest BCUT2D eigenvalue weighted by Crippen LogP contribution is -2.27. The zero-order valence-corrected chi connectivity index (χ0v) is 17.0. The second kappa shape index (κ2) is 7.59. The van der Waals surface area contributed by atoms with Crippen molar-refractivity contribution in [3.05, 3.63) is 57.9 Å². The number of allylic oxidation sites excluding steroid dienone is 1. The molecule has 1 saturated heterocycles. The molecule has 2 aliphatic heterocycles. The summed E-state index contributed by atoms with van der Waals surface area (Å²) in [6.45, 7) is 1.63. The van der Waals surface area contributed by atoms with Crippen LogP contribution in [0.3, 0.4) is 0 Å². The van der Waals surface area contributed by atoms with Gasteiger partial charge in [-0.05, 0) is 82.3 Å². The highest BCUT2D eigenvalue weighted by Crippen LogP contribution is 2.41. The third kappa shape index (κ3) is 3.77. The molecule has 0 spiro atoms. The molecule has 2 aromatic rings. The van der Waals surface area contributed by atoms with Crippen LogP contribution in [0.15, 0.2) is 41.2 Å². The number of amides is 2. The summed E-state index contributed by atoms with van der Waals surface area (Å²) >= 11 is 1.73. The van der Waals surface area contributed by atoms with Gasteiger partial charge in [-0.2, -0.15) is 11.3 Å². The zero-order chi connectivity index (χ0) is 19.8. The van der Waals surface area contributed by atoms with Crippen LogP contribution in [0.2, 0.25) is 0 Å². The van der Waals surface area contributed by atoms with E-state index in [4.69, 9.17) is 0 Å². The molecular weight excluding hydrogens is 382 g/mol. The van der Waals surface area contributed by atoms with Gasteiger partial charge in [0.05, 0.1) is 0 Å². The molecule has 4 heterocycles. The van der Waals surface area contributed by atoms with Crippen molar-refractivity contribution in [3.63, 3.8) is 0 Å². The van der Waals surface area contributed by atoms with Gasteiger partial charge in [0.15, 0.2) is 0 Å². The molecule has 0 saturated carbocycles. The number of nitrogens with zero attached hydrogens (tertiary/aromatic N) is 2. The highest BCUT2D eigenvalue weighted by Gasteiger charge is 2.37. The normalized spacial score (nSPS) is 23.5. The highest BCUT2D eigenvalue weighted by atomic mass is 32.1. The molecule has 5 nitrogen and oxygen atoms in total. The fraction of sp³-hybridized carbons (Fsp3) is 0.348. The molecule has 1 N–H and O–H groups in total. The predicted molar refractivity (Wildman–Crippen MR) is 115 cm³/mol. The molecule has 0 bridgehead atoms. The van der Waals surface area contributed by atoms with Crippen molar-refractivity contribution >= 4 is 40.6 Å². The van der Waals surface area contributed by atoms with E-state index >= 15 is 0 Å². The number of rotatable bonds is 3. The Balaban J connectivity index is 1.23. The van der Waals surface area contributed by atoms with Gasteiger partial charge >= 0.3 is 0 Å². The quantitative estimate of drug-likeness (QED) is 0.786. The van der Waals surface area contributed by atoms with E-state index in [2.05, 4.69) is 33.2 Å². The third-order valence-corrected chi connectivity index (χ3v) is 6.79. The first-order chi connectivity index (χ1) is 14.2. The van der Waals surface area contributed by atoms with Gasteiger partial charge in [-0.1, -0.05) is 6.08 Å². The van der Waals surface area contributed by atoms with E-state index in [1.807, 2.05) is 17.0 Å². The van der Waals surface area contributed by atoms with Gasteiger partial charge in [0, 0.05) is 31.8 Å². The first-order valence-corrected chi connectivity index (χ1v) is 11.1. The maximum Gasteiger partial charge on any atom is 0.246 e. The number of hydrogen-bond donors (Lipinski definition) is 1. The Kier molecular flexibility index (Phi) is 4.79. The number of anilines is 1. The Morgan fingerprint density at radius 2 is 2.24 bits per heavy atom. The molecule has 29 heavy (non-hydrogen) atoms. The fourth-order valence-corrected chi connectivity index (χ4v) is 5.26. The number of carbonyl (C=O) groups excluding carboxylic acids is 2. The molecule has 1 fully saturated rings. The van der Waals surface area contributed by atoms with Crippen LogP contribution in [-0.2, 0) is 16.0 Å². The van der Waals surface area contributed by atoms with Crippen LogP contribution in [-0.4, -0.2) is 34.8 Å². The molecule has 6 heteroatoms. The van der Waals surface area contributed by atoms with Crippen LogP contribution in [0.4, 0.5) is 5.82 Å². The maximum absolute atomic E-state index is 12.7. The van der Waals surface area contributed by atoms with Gasteiger partial charge in [0.1, 0.15) is 5.82 Å². The Bertz CT molecular complexity index is 1010. The van der Waals surface area contributed by atoms with Crippen molar-refractivity contribution in [2.75, 3.05) is 18.4 Å². The van der Waals surface area contributed by atoms with Gasteiger partial charge in [-0.25, -0.2) is 4.98 Å². The SMILES string of the molecule is O=C1CCCc2cc(/C=C/C(=O)N3CC4C=C(c5ccsc5)CC4C3)cnc2N1. The number of aryl methyl sites for hydroxylation is 1. The number of fused-ring (bicyclic) bond motifs is 2. The van der Waals surface area contributed by atoms with Gasteiger partial charge in [0.25, 0.3) is 0 Å². The van der Waals surface area contributed by atoms with E-state index in [1.165, 1.54) is 11.1 Å². The van der Waals surface area contributed by atoms with Crippen LogP contribution in [0.1, 0.15) is 36.0 Å². The molecule has 0 radical (unpaired) electrons. The van der Waals surface area contributed by atoms with Crippen molar-refractivity contribution in [3.8, 4) is 0 Å². The summed E-state index contributed by atoms with van der Waals surface area (Å²) in [6.07, 6.45) is 10.8. The summed E-state index contributed by atoms with van der Waals surface area (Å²) in [4.78, 5) is 30.7. The van der Waals surface area contributed by atoms with E-state index in [9.17, 15) is 9.59 Å². The Labute approximate surface area is 174 Å². The average Bonchev–Trinajstić information content (AvgIpc) is 3.41. The molecule has 0 aromatic carbocycles. The van der Waals surface area contributed by atoms with E-state index in [1.54, 1.807) is 23.6 Å². The summed E-state index contributed by atoms with van der Waals surface area (Å²) in [5, 5.41) is 7.17. The number of hydrogen-bond acceptors (Lipinski definition) is 4. The Morgan fingerprint density at radius 3 is 3.07 bits per heavy atom. The predicted octanol–water partition coefficient (Wildman–Crippen LogP) is 3.99. The molecule has 1 aliphatic carbocycles. The smallest absolute Gasteiger partial charge is 0.246 e. The summed E-state index contributed by atoms with van der Waals surface area (Å²) in [7, 11) is 0. The Morgan fingerprint density at radius 1 is 1.31 bits per heavy atom. The minimum absolute atomic E-state index is 0.0190. The number of aromatic nitrogens is 1. The summed E-state index contributed by atoms with van der Waals surface area (Å²) in [5.74, 6) is 1.75. The minimum Gasteiger partial charge on any atom is -0.338 e. The molecule has 5 rings (SSSR count). The van der Waals surface area contributed by atoms with Crippen LogP contribution in [0.5, 0.6) is 0 Å². The van der Waals surface area contributed by atoms with E-state index in [0.717, 1.165) is 43.5 Å². The third-order valence-electron chi connectivity index (χ3n) is 6.11. The van der Waals surface area contributed by atoms with E-state index in [0.29, 0.717) is 24.1 Å². The lowest BCUT2D eigenvalue weighted by atomic mass is 9.99. The number of thiophene rings is 1. The van der Waals surface area contributed by atoms with Crippen molar-refractivity contribution in [1.82, 2.24) is 9.88 Å². The molecule has 2 atom stereocenters. The topological polar surface area (TPSA) is 62.3 Å². The van der Waals surface area contributed by atoms with Crippen LogP contribution in [0.25, 0.3) is 11.6 Å². The van der Waals surface area contributed by atoms with Crippen molar-refractivity contribution in [2.45, 2.75) is 25.7 Å². The standard InChI is InChI=1S/C23H23N3O2S/c27-21-3-1-2-16-8-15(11-24-23(16)25-21)4-5-22(28)26-12-19-9-18(10-20(19)13-26)17-6-7-29-14-17/h4-9,11,14,19-20H,1-3,10,12-13H2,(H,24,25,27)/b5-4+. The number of carbonyl (C=O) groups is 2. The van der Waals surface area contributed by atoms with Crippen LogP contribution < -0.4 is 5.32 Å². The number of nitrogens with one attached hydrogen (secondary N) is 1. The Hall–Kier alpha value is -2.73. The summed E-state index contributed by atoms with van der Waals surface area (Å²) in [6, 6.07) is 4.20. The zero-order valence-electron chi connectivity index (χ0n) is 16.1. The first kappa shape index (κ1) is 18.3. The first-order valence-electron chi connectivity index (χ1n) is 10.1.